The average Bonchev–Trinajstić information content (AvgIpc) is 2.62. The molecule has 0 aromatic rings. The lowest BCUT2D eigenvalue weighted by atomic mass is 9.90. The molecule has 1 aliphatic carbocycles. The SMILES string of the molecule is CNC1CCC(C(C)CCOC)C1. The molecule has 78 valence electrons. The van der Waals surface area contributed by atoms with E-state index in [1.54, 1.807) is 7.11 Å². The van der Waals surface area contributed by atoms with Gasteiger partial charge in [0.15, 0.2) is 0 Å². The first-order valence-corrected chi connectivity index (χ1v) is 5.44. The van der Waals surface area contributed by atoms with Crippen LogP contribution in [0.15, 0.2) is 0 Å². The molecule has 3 atom stereocenters. The fraction of sp³-hybridized carbons (Fsp3) is 1.00. The van der Waals surface area contributed by atoms with E-state index < -0.39 is 0 Å². The van der Waals surface area contributed by atoms with Crippen molar-refractivity contribution in [3.63, 3.8) is 0 Å². The Morgan fingerprint density at radius 3 is 2.77 bits per heavy atom. The lowest BCUT2D eigenvalue weighted by Gasteiger charge is -2.18. The minimum Gasteiger partial charge on any atom is -0.385 e. The van der Waals surface area contributed by atoms with Crippen molar-refractivity contribution in [1.29, 1.82) is 0 Å². The Kier molecular flexibility index (Phi) is 4.74. The molecular formula is C11H23NO. The van der Waals surface area contributed by atoms with E-state index in [0.717, 1.165) is 24.5 Å². The van der Waals surface area contributed by atoms with E-state index >= 15 is 0 Å². The molecule has 0 heterocycles. The molecule has 2 nitrogen and oxygen atoms in total. The second-order valence-electron chi connectivity index (χ2n) is 4.32. The molecule has 1 fully saturated rings. The predicted octanol–water partition coefficient (Wildman–Crippen LogP) is 2.05. The number of hydrogen-bond acceptors (Lipinski definition) is 2. The smallest absolute Gasteiger partial charge is 0.0464 e. The minimum atomic E-state index is 0.773. The largest absolute Gasteiger partial charge is 0.385 e. The van der Waals surface area contributed by atoms with E-state index in [0.29, 0.717) is 0 Å². The van der Waals surface area contributed by atoms with Crippen LogP contribution in [0.3, 0.4) is 0 Å². The highest BCUT2D eigenvalue weighted by atomic mass is 16.5. The monoisotopic (exact) mass is 185 g/mol. The van der Waals surface area contributed by atoms with Crippen molar-refractivity contribution in [3.05, 3.63) is 0 Å². The van der Waals surface area contributed by atoms with Gasteiger partial charge in [-0.1, -0.05) is 6.92 Å². The summed E-state index contributed by atoms with van der Waals surface area (Å²) in [5, 5.41) is 3.37. The van der Waals surface area contributed by atoms with Gasteiger partial charge >= 0.3 is 0 Å². The van der Waals surface area contributed by atoms with Gasteiger partial charge in [-0.05, 0) is 44.6 Å². The Morgan fingerprint density at radius 1 is 1.46 bits per heavy atom. The number of methoxy groups -OCH3 is 1. The van der Waals surface area contributed by atoms with Crippen LogP contribution in [0.4, 0.5) is 0 Å². The summed E-state index contributed by atoms with van der Waals surface area (Å²) in [4.78, 5) is 0. The van der Waals surface area contributed by atoms with Gasteiger partial charge in [-0.3, -0.25) is 0 Å². The van der Waals surface area contributed by atoms with E-state index in [4.69, 9.17) is 4.74 Å². The van der Waals surface area contributed by atoms with Crippen LogP contribution in [0.25, 0.3) is 0 Å². The highest BCUT2D eigenvalue weighted by Gasteiger charge is 2.27. The third kappa shape index (κ3) is 3.28. The Morgan fingerprint density at radius 2 is 2.23 bits per heavy atom. The van der Waals surface area contributed by atoms with Crippen LogP contribution < -0.4 is 5.32 Å². The molecule has 0 bridgehead atoms. The van der Waals surface area contributed by atoms with Gasteiger partial charge in [0.25, 0.3) is 0 Å². The second kappa shape index (κ2) is 5.61. The van der Waals surface area contributed by atoms with Crippen LogP contribution in [0.1, 0.15) is 32.6 Å². The first-order chi connectivity index (χ1) is 6.27. The maximum absolute atomic E-state index is 5.11. The third-order valence-corrected chi connectivity index (χ3v) is 3.46. The molecule has 2 heteroatoms. The fourth-order valence-corrected chi connectivity index (χ4v) is 2.33. The predicted molar refractivity (Wildman–Crippen MR) is 55.8 cm³/mol. The van der Waals surface area contributed by atoms with Crippen molar-refractivity contribution in [2.75, 3.05) is 20.8 Å². The lowest BCUT2D eigenvalue weighted by molar-refractivity contribution is 0.165. The molecule has 1 aliphatic rings. The van der Waals surface area contributed by atoms with E-state index in [1.165, 1.54) is 25.7 Å². The van der Waals surface area contributed by atoms with Gasteiger partial charge < -0.3 is 10.1 Å². The van der Waals surface area contributed by atoms with E-state index in [-0.39, 0.29) is 0 Å². The second-order valence-corrected chi connectivity index (χ2v) is 4.32. The normalized spacial score (nSPS) is 30.7. The van der Waals surface area contributed by atoms with Gasteiger partial charge in [0.2, 0.25) is 0 Å². The van der Waals surface area contributed by atoms with Crippen LogP contribution in [-0.4, -0.2) is 26.8 Å². The highest BCUT2D eigenvalue weighted by molar-refractivity contribution is 4.82. The zero-order chi connectivity index (χ0) is 9.68. The summed E-state index contributed by atoms with van der Waals surface area (Å²) in [6, 6.07) is 0.773. The molecule has 0 aliphatic heterocycles. The number of ether oxygens (including phenoxy) is 1. The molecule has 0 saturated heterocycles. The van der Waals surface area contributed by atoms with Crippen LogP contribution in [-0.2, 0) is 4.74 Å². The molecule has 0 aromatic carbocycles. The summed E-state index contributed by atoms with van der Waals surface area (Å²) in [7, 11) is 3.87. The van der Waals surface area contributed by atoms with Crippen LogP contribution in [0.2, 0.25) is 0 Å². The third-order valence-electron chi connectivity index (χ3n) is 3.46. The minimum absolute atomic E-state index is 0.773. The molecule has 0 amide bonds. The topological polar surface area (TPSA) is 21.3 Å². The van der Waals surface area contributed by atoms with Crippen LogP contribution in [0, 0.1) is 11.8 Å². The summed E-state index contributed by atoms with van der Waals surface area (Å²) < 4.78 is 5.11. The molecule has 0 spiro atoms. The van der Waals surface area contributed by atoms with Crippen molar-refractivity contribution in [2.24, 2.45) is 11.8 Å². The molecule has 1 N–H and O–H groups in total. The lowest BCUT2D eigenvalue weighted by Crippen LogP contribution is -2.22. The molecule has 3 unspecified atom stereocenters. The Bertz CT molecular complexity index is 138. The summed E-state index contributed by atoms with van der Waals surface area (Å²) >= 11 is 0. The molecule has 13 heavy (non-hydrogen) atoms. The van der Waals surface area contributed by atoms with Gasteiger partial charge in [0, 0.05) is 19.8 Å². The van der Waals surface area contributed by atoms with Gasteiger partial charge in [-0.2, -0.15) is 0 Å². The van der Waals surface area contributed by atoms with Crippen molar-refractivity contribution in [1.82, 2.24) is 5.32 Å². The molecule has 1 saturated carbocycles. The Labute approximate surface area is 82.0 Å². The highest BCUT2D eigenvalue weighted by Crippen LogP contribution is 2.32. The number of rotatable bonds is 5. The molecule has 1 rings (SSSR count). The van der Waals surface area contributed by atoms with E-state index in [2.05, 4.69) is 19.3 Å². The summed E-state index contributed by atoms with van der Waals surface area (Å²) in [5.41, 5.74) is 0. The van der Waals surface area contributed by atoms with Crippen molar-refractivity contribution in [2.45, 2.75) is 38.6 Å². The fourth-order valence-electron chi connectivity index (χ4n) is 2.33. The van der Waals surface area contributed by atoms with Crippen molar-refractivity contribution >= 4 is 0 Å². The van der Waals surface area contributed by atoms with Crippen LogP contribution in [0.5, 0.6) is 0 Å². The molecule has 0 aromatic heterocycles. The molecular weight excluding hydrogens is 162 g/mol. The number of hydrogen-bond donors (Lipinski definition) is 1. The standard InChI is InChI=1S/C11H23NO/c1-9(6-7-13-3)10-4-5-11(8-10)12-2/h9-12H,4-8H2,1-3H3. The first-order valence-electron chi connectivity index (χ1n) is 5.44. The average molecular weight is 185 g/mol. The van der Waals surface area contributed by atoms with Gasteiger partial charge in [-0.25, -0.2) is 0 Å². The van der Waals surface area contributed by atoms with E-state index in [1.807, 2.05) is 0 Å². The maximum atomic E-state index is 5.11. The first kappa shape index (κ1) is 11.0. The van der Waals surface area contributed by atoms with Crippen LogP contribution >= 0.6 is 0 Å². The quantitative estimate of drug-likeness (QED) is 0.708. The summed E-state index contributed by atoms with van der Waals surface area (Å²) in [6.45, 7) is 3.28. The van der Waals surface area contributed by atoms with Gasteiger partial charge in [-0.15, -0.1) is 0 Å². The Balaban J connectivity index is 2.20. The van der Waals surface area contributed by atoms with Gasteiger partial charge in [0.05, 0.1) is 0 Å². The summed E-state index contributed by atoms with van der Waals surface area (Å²) in [6.07, 6.45) is 5.34. The zero-order valence-electron chi connectivity index (χ0n) is 9.18. The van der Waals surface area contributed by atoms with E-state index in [9.17, 15) is 0 Å². The van der Waals surface area contributed by atoms with Crippen molar-refractivity contribution in [3.8, 4) is 0 Å². The maximum Gasteiger partial charge on any atom is 0.0464 e. The van der Waals surface area contributed by atoms with Crippen molar-refractivity contribution < 1.29 is 4.74 Å². The summed E-state index contributed by atoms with van der Waals surface area (Å²) in [5.74, 6) is 1.76. The molecule has 0 radical (unpaired) electrons. The Hall–Kier alpha value is -0.0800. The zero-order valence-corrected chi connectivity index (χ0v) is 9.18. The van der Waals surface area contributed by atoms with Gasteiger partial charge in [0.1, 0.15) is 0 Å². The number of nitrogens with one attached hydrogen (secondary N) is 1.